The smallest absolute Gasteiger partial charge is 0.152 e. The molecule has 7 heteroatoms. The van der Waals surface area contributed by atoms with Crippen molar-refractivity contribution >= 4 is 27.3 Å². The van der Waals surface area contributed by atoms with Crippen LogP contribution >= 0.6 is 9.03 Å². The molecule has 2 heterocycles. The van der Waals surface area contributed by atoms with E-state index in [0.29, 0.717) is 18.8 Å². The maximum Gasteiger partial charge on any atom is 0.152 e. The minimum Gasteiger partial charge on any atom is -0.385 e. The summed E-state index contributed by atoms with van der Waals surface area (Å²) in [4.78, 5) is 12.8. The molecule has 3 atom stereocenters. The van der Waals surface area contributed by atoms with Crippen molar-refractivity contribution in [3.63, 3.8) is 0 Å². The molecule has 0 aromatic carbocycles. The van der Waals surface area contributed by atoms with Gasteiger partial charge in [-0.2, -0.15) is 0 Å². The topological polar surface area (TPSA) is 79.0 Å². The molecule has 0 fully saturated rings. The largest absolute Gasteiger partial charge is 0.385 e. The molecule has 1 unspecified atom stereocenters. The molecule has 128 valence electrons. The van der Waals surface area contributed by atoms with Crippen LogP contribution in [-0.2, 0) is 10.9 Å². The summed E-state index contributed by atoms with van der Waals surface area (Å²) >= 11 is 0. The molecule has 0 aliphatic carbocycles. The molecule has 0 saturated heterocycles. The van der Waals surface area contributed by atoms with E-state index in [2.05, 4.69) is 23.6 Å². The molecule has 0 bridgehead atoms. The van der Waals surface area contributed by atoms with Crippen molar-refractivity contribution in [3.05, 3.63) is 23.9 Å². The normalized spacial score (nSPS) is 17.6. The third-order valence-corrected chi connectivity index (χ3v) is 4.46. The van der Waals surface area contributed by atoms with Crippen LogP contribution < -0.4 is 5.32 Å². The van der Waals surface area contributed by atoms with Gasteiger partial charge in [-0.05, 0) is 43.9 Å². The van der Waals surface area contributed by atoms with Crippen LogP contribution in [0, 0.1) is 5.92 Å². The molecule has 0 amide bonds. The van der Waals surface area contributed by atoms with Gasteiger partial charge in [-0.15, -0.1) is 0 Å². The second-order valence-corrected chi connectivity index (χ2v) is 6.46. The Kier molecular flexibility index (Phi) is 6.78. The minimum atomic E-state index is -0.658. The van der Waals surface area contributed by atoms with Gasteiger partial charge in [-0.25, -0.2) is 4.99 Å². The fraction of sp³-hybridized carbons (Fsp3) is 0.562. The van der Waals surface area contributed by atoms with Gasteiger partial charge >= 0.3 is 0 Å². The van der Waals surface area contributed by atoms with Crippen LogP contribution in [-0.4, -0.2) is 34.4 Å². The summed E-state index contributed by atoms with van der Waals surface area (Å²) in [7, 11) is -0.482. The van der Waals surface area contributed by atoms with Crippen molar-refractivity contribution in [1.82, 2.24) is 9.88 Å². The van der Waals surface area contributed by atoms with Gasteiger partial charge in [0.05, 0.1) is 6.61 Å². The second kappa shape index (κ2) is 8.60. The van der Waals surface area contributed by atoms with E-state index in [-0.39, 0.29) is 5.92 Å². The number of aryl methyl sites for hydroxylation is 1. The highest BCUT2D eigenvalue weighted by atomic mass is 31.1. The fourth-order valence-corrected chi connectivity index (χ4v) is 3.27. The quantitative estimate of drug-likeness (QED) is 0.503. The van der Waals surface area contributed by atoms with Crippen LogP contribution in [0.15, 0.2) is 17.8 Å². The Balaban J connectivity index is 2.11. The van der Waals surface area contributed by atoms with Crippen LogP contribution in [0.2, 0.25) is 0 Å². The predicted octanol–water partition coefficient (Wildman–Crippen LogP) is 2.75. The molecule has 1 aromatic rings. The first kappa shape index (κ1) is 18.1. The van der Waals surface area contributed by atoms with E-state index >= 15 is 0 Å². The van der Waals surface area contributed by atoms with Crippen molar-refractivity contribution in [2.75, 3.05) is 13.2 Å². The van der Waals surface area contributed by atoms with Gasteiger partial charge in [0.1, 0.15) is 12.0 Å². The molecule has 3 N–H and O–H groups in total. The van der Waals surface area contributed by atoms with E-state index in [4.69, 9.17) is 9.42 Å². The molecule has 0 radical (unpaired) electrons. The number of hydrogen-bond acceptors (Lipinski definition) is 5. The van der Waals surface area contributed by atoms with Crippen LogP contribution in [0.25, 0.3) is 5.70 Å². The van der Waals surface area contributed by atoms with Crippen LogP contribution in [0.3, 0.4) is 0 Å². The number of aromatic nitrogens is 1. The lowest BCUT2D eigenvalue weighted by Gasteiger charge is -2.18. The first-order valence-electron chi connectivity index (χ1n) is 7.91. The Morgan fingerprint density at radius 1 is 1.52 bits per heavy atom. The van der Waals surface area contributed by atoms with Crippen molar-refractivity contribution in [2.45, 2.75) is 38.8 Å². The molecule has 0 spiro atoms. The lowest BCUT2D eigenvalue weighted by molar-refractivity contribution is 0.0860. The number of fused-ring (bicyclic) bond motifs is 1. The Morgan fingerprint density at radius 3 is 3.00 bits per heavy atom. The number of nitrogens with one attached hydrogen (secondary N) is 1. The maximum atomic E-state index is 10.5. The summed E-state index contributed by atoms with van der Waals surface area (Å²) in [6.07, 6.45) is 4.66. The summed E-state index contributed by atoms with van der Waals surface area (Å²) in [6, 6.07) is 0. The van der Waals surface area contributed by atoms with Gasteiger partial charge in [-0.1, -0.05) is 13.5 Å². The summed E-state index contributed by atoms with van der Waals surface area (Å²) in [5, 5.41) is 13.8. The minimum absolute atomic E-state index is 0.273. The third-order valence-electron chi connectivity index (χ3n) is 4.17. The number of hydrogen-bond donors (Lipinski definition) is 3. The molecular weight excluding hydrogens is 313 g/mol. The lowest BCUT2D eigenvalue weighted by Crippen LogP contribution is -2.12. The third kappa shape index (κ3) is 4.42. The molecule has 23 heavy (non-hydrogen) atoms. The van der Waals surface area contributed by atoms with Gasteiger partial charge in [-0.3, -0.25) is 0 Å². The first-order valence-corrected chi connectivity index (χ1v) is 8.76. The highest BCUT2D eigenvalue weighted by Gasteiger charge is 2.22. The Bertz CT molecular complexity index is 559. The highest BCUT2D eigenvalue weighted by molar-refractivity contribution is 7.24. The Hall–Kier alpha value is -1.20. The lowest BCUT2D eigenvalue weighted by atomic mass is 10.1. The Morgan fingerprint density at radius 2 is 2.30 bits per heavy atom. The van der Waals surface area contributed by atoms with Crippen molar-refractivity contribution < 1.29 is 14.5 Å². The van der Waals surface area contributed by atoms with Gasteiger partial charge in [0.15, 0.2) is 9.03 Å². The van der Waals surface area contributed by atoms with Gasteiger partial charge in [0.2, 0.25) is 0 Å². The van der Waals surface area contributed by atoms with E-state index in [1.165, 1.54) is 0 Å². The van der Waals surface area contributed by atoms with Gasteiger partial charge in [0, 0.05) is 24.0 Å². The molecule has 1 aliphatic rings. The number of aliphatic hydroxyl groups excluding tert-OH is 1. The molecule has 0 saturated carbocycles. The van der Waals surface area contributed by atoms with E-state index < -0.39 is 15.3 Å². The van der Waals surface area contributed by atoms with E-state index in [1.54, 1.807) is 4.57 Å². The summed E-state index contributed by atoms with van der Waals surface area (Å²) < 4.78 is 6.81. The van der Waals surface area contributed by atoms with Crippen LogP contribution in [0.1, 0.15) is 43.5 Å². The van der Waals surface area contributed by atoms with Crippen molar-refractivity contribution in [3.8, 4) is 0 Å². The van der Waals surface area contributed by atoms with E-state index in [0.717, 1.165) is 42.6 Å². The number of rotatable bonds is 8. The maximum absolute atomic E-state index is 10.5. The van der Waals surface area contributed by atoms with Crippen molar-refractivity contribution in [2.24, 2.45) is 10.9 Å². The van der Waals surface area contributed by atoms with Crippen LogP contribution in [0.5, 0.6) is 0 Å². The monoisotopic (exact) mass is 339 g/mol. The predicted molar refractivity (Wildman–Crippen MR) is 95.1 cm³/mol. The average molecular weight is 339 g/mol. The Labute approximate surface area is 139 Å². The number of aliphatic imine (C=N–C) groups is 1. The van der Waals surface area contributed by atoms with E-state index in [1.807, 2.05) is 13.1 Å². The second-order valence-electron chi connectivity index (χ2n) is 5.99. The number of nitrogens with zero attached hydrogens (tertiary/aromatic N) is 2. The zero-order chi connectivity index (χ0) is 16.8. The molecule has 6 nitrogen and oxygen atoms in total. The zero-order valence-corrected chi connectivity index (χ0v) is 14.6. The van der Waals surface area contributed by atoms with Gasteiger partial charge in [0.25, 0.3) is 0 Å². The average Bonchev–Trinajstić information content (AvgIpc) is 2.83. The molecular formula is C16H26N3O3P. The zero-order valence-electron chi connectivity index (χ0n) is 13.6. The summed E-state index contributed by atoms with van der Waals surface area (Å²) in [5.41, 5.74) is 2.96. The SMILES string of the molecule is C=Nc1c2c(cn1[C@H](O)CC[C@H](C)COPO)CCCNC2=C. The molecule has 2 rings (SSSR count). The highest BCUT2D eigenvalue weighted by Crippen LogP contribution is 2.35. The molecule has 1 aliphatic heterocycles. The fourth-order valence-electron chi connectivity index (χ4n) is 2.91. The first-order chi connectivity index (χ1) is 11.1. The summed E-state index contributed by atoms with van der Waals surface area (Å²) in [5.74, 6) is 0.946. The number of aliphatic hydroxyl groups is 1. The standard InChI is InChI=1S/C16H26N3O3P/c1-11(10-22-23-21)6-7-14(20)19-9-13-5-4-8-18-12(2)15(13)16(19)17-3/h9,11,14,18,20-21,23H,2-8,10H2,1H3/t11-,14+/m0/s1. The van der Waals surface area contributed by atoms with Crippen molar-refractivity contribution in [1.29, 1.82) is 0 Å². The van der Waals surface area contributed by atoms with Gasteiger partial charge < -0.3 is 24.4 Å². The van der Waals surface area contributed by atoms with E-state index in [9.17, 15) is 5.11 Å². The molecule has 1 aromatic heterocycles. The summed E-state index contributed by atoms with van der Waals surface area (Å²) in [6.45, 7) is 11.2. The van der Waals surface area contributed by atoms with Crippen LogP contribution in [0.4, 0.5) is 5.82 Å².